The van der Waals surface area contributed by atoms with Gasteiger partial charge in [-0.15, -0.1) is 0 Å². The SMILES string of the molecule is [B]C([B])(C)C(C)C1CCC(C)CC1. The van der Waals surface area contributed by atoms with E-state index in [1.54, 1.807) is 0 Å². The summed E-state index contributed by atoms with van der Waals surface area (Å²) in [6, 6.07) is 0. The predicted molar refractivity (Wildman–Crippen MR) is 60.2 cm³/mol. The third-order valence-corrected chi connectivity index (χ3v) is 3.75. The van der Waals surface area contributed by atoms with Gasteiger partial charge >= 0.3 is 0 Å². The maximum atomic E-state index is 5.92. The summed E-state index contributed by atoms with van der Waals surface area (Å²) in [5.41, 5.74) is 0. The van der Waals surface area contributed by atoms with E-state index < -0.39 is 5.21 Å². The molecule has 0 bridgehead atoms. The van der Waals surface area contributed by atoms with E-state index in [-0.39, 0.29) is 0 Å². The number of rotatable bonds is 2. The van der Waals surface area contributed by atoms with Gasteiger partial charge in [-0.2, -0.15) is 0 Å². The fraction of sp³-hybridized carbons (Fsp3) is 1.00. The van der Waals surface area contributed by atoms with E-state index in [0.29, 0.717) is 5.92 Å². The van der Waals surface area contributed by atoms with Gasteiger partial charge in [0.15, 0.2) is 0 Å². The van der Waals surface area contributed by atoms with Gasteiger partial charge in [-0.05, 0) is 24.7 Å². The standard InChI is InChI=1S/C11H20B2/c1-8-4-6-10(7-5-8)9(2)11(3,12)13/h8-10H,4-7H2,1-3H3. The Morgan fingerprint density at radius 3 is 2.00 bits per heavy atom. The summed E-state index contributed by atoms with van der Waals surface area (Å²) in [7, 11) is 11.8. The lowest BCUT2D eigenvalue weighted by atomic mass is 9.47. The van der Waals surface area contributed by atoms with Crippen molar-refractivity contribution in [2.75, 3.05) is 0 Å². The molecule has 1 fully saturated rings. The van der Waals surface area contributed by atoms with Crippen LogP contribution in [0.4, 0.5) is 0 Å². The molecule has 70 valence electrons. The van der Waals surface area contributed by atoms with Crippen molar-refractivity contribution in [3.05, 3.63) is 0 Å². The van der Waals surface area contributed by atoms with Crippen LogP contribution in [-0.2, 0) is 0 Å². The molecule has 2 heteroatoms. The van der Waals surface area contributed by atoms with Gasteiger partial charge in [-0.3, -0.25) is 0 Å². The smallest absolute Gasteiger partial charge is 0.0620 e. The maximum Gasteiger partial charge on any atom is 0.0620 e. The molecule has 13 heavy (non-hydrogen) atoms. The fourth-order valence-electron chi connectivity index (χ4n) is 2.29. The van der Waals surface area contributed by atoms with Crippen LogP contribution in [-0.4, -0.2) is 15.7 Å². The molecule has 0 aromatic heterocycles. The van der Waals surface area contributed by atoms with Crippen molar-refractivity contribution in [3.8, 4) is 0 Å². The van der Waals surface area contributed by atoms with Crippen LogP contribution in [0.2, 0.25) is 5.21 Å². The van der Waals surface area contributed by atoms with Crippen LogP contribution < -0.4 is 0 Å². The molecule has 1 rings (SSSR count). The van der Waals surface area contributed by atoms with Crippen molar-refractivity contribution in [1.29, 1.82) is 0 Å². The van der Waals surface area contributed by atoms with Crippen molar-refractivity contribution >= 4 is 15.7 Å². The van der Waals surface area contributed by atoms with Crippen molar-refractivity contribution < 1.29 is 0 Å². The average molecular weight is 174 g/mol. The first-order valence-electron chi connectivity index (χ1n) is 5.49. The highest BCUT2D eigenvalue weighted by Crippen LogP contribution is 2.41. The molecule has 1 atom stereocenters. The third kappa shape index (κ3) is 3.07. The van der Waals surface area contributed by atoms with Crippen LogP contribution in [0.25, 0.3) is 0 Å². The van der Waals surface area contributed by atoms with Gasteiger partial charge in [0, 0.05) is 0 Å². The Morgan fingerprint density at radius 2 is 1.62 bits per heavy atom. The first kappa shape index (κ1) is 11.2. The molecule has 0 heterocycles. The first-order valence-corrected chi connectivity index (χ1v) is 5.49. The maximum absolute atomic E-state index is 5.92. The van der Waals surface area contributed by atoms with Gasteiger partial charge in [0.1, 0.15) is 0 Å². The number of hydrogen-bond acceptors (Lipinski definition) is 0. The van der Waals surface area contributed by atoms with E-state index in [2.05, 4.69) is 13.8 Å². The minimum atomic E-state index is -0.495. The topological polar surface area (TPSA) is 0 Å². The van der Waals surface area contributed by atoms with Crippen molar-refractivity contribution in [3.63, 3.8) is 0 Å². The molecule has 0 aliphatic heterocycles. The number of hydrogen-bond donors (Lipinski definition) is 0. The van der Waals surface area contributed by atoms with E-state index >= 15 is 0 Å². The van der Waals surface area contributed by atoms with Crippen molar-refractivity contribution in [1.82, 2.24) is 0 Å². The Hall–Kier alpha value is 0.130. The van der Waals surface area contributed by atoms with Gasteiger partial charge in [0.2, 0.25) is 0 Å². The third-order valence-electron chi connectivity index (χ3n) is 3.75. The van der Waals surface area contributed by atoms with Gasteiger partial charge in [0.05, 0.1) is 15.7 Å². The lowest BCUT2D eigenvalue weighted by Gasteiger charge is -2.38. The second-order valence-electron chi connectivity index (χ2n) is 5.17. The Kier molecular flexibility index (Phi) is 3.54. The molecule has 0 amide bonds. The minimum absolute atomic E-state index is 0.444. The molecular weight excluding hydrogens is 154 g/mol. The molecule has 0 nitrogen and oxygen atoms in total. The molecule has 0 spiro atoms. The van der Waals surface area contributed by atoms with E-state index in [0.717, 1.165) is 11.8 Å². The summed E-state index contributed by atoms with van der Waals surface area (Å²) in [5, 5.41) is -0.495. The van der Waals surface area contributed by atoms with Gasteiger partial charge < -0.3 is 0 Å². The van der Waals surface area contributed by atoms with E-state index in [9.17, 15) is 0 Å². The van der Waals surface area contributed by atoms with Crippen LogP contribution in [0.1, 0.15) is 46.5 Å². The summed E-state index contributed by atoms with van der Waals surface area (Å²) in [6.45, 7) is 6.47. The zero-order valence-electron chi connectivity index (χ0n) is 9.22. The second-order valence-corrected chi connectivity index (χ2v) is 5.17. The van der Waals surface area contributed by atoms with Crippen LogP contribution in [0.15, 0.2) is 0 Å². The molecular formula is C11H20B2. The molecule has 4 radical (unpaired) electrons. The quantitative estimate of drug-likeness (QED) is 0.564. The van der Waals surface area contributed by atoms with Crippen molar-refractivity contribution in [2.45, 2.75) is 51.7 Å². The Labute approximate surface area is 85.7 Å². The van der Waals surface area contributed by atoms with Crippen LogP contribution in [0, 0.1) is 17.8 Å². The zero-order valence-corrected chi connectivity index (χ0v) is 9.22. The molecule has 1 saturated carbocycles. The lowest BCUT2D eigenvalue weighted by molar-refractivity contribution is 0.211. The Balaban J connectivity index is 2.45. The predicted octanol–water partition coefficient (Wildman–Crippen LogP) is 2.92. The fourth-order valence-corrected chi connectivity index (χ4v) is 2.29. The van der Waals surface area contributed by atoms with Gasteiger partial charge in [-0.25, -0.2) is 0 Å². The van der Waals surface area contributed by atoms with Crippen LogP contribution in [0.5, 0.6) is 0 Å². The molecule has 1 aliphatic rings. The average Bonchev–Trinajstić information content (AvgIpc) is 2.03. The first-order chi connectivity index (χ1) is 5.91. The van der Waals surface area contributed by atoms with Gasteiger partial charge in [-0.1, -0.05) is 44.7 Å². The summed E-state index contributed by atoms with van der Waals surface area (Å²) >= 11 is 0. The summed E-state index contributed by atoms with van der Waals surface area (Å²) < 4.78 is 0. The molecule has 0 aromatic rings. The Bertz CT molecular complexity index is 152. The van der Waals surface area contributed by atoms with Crippen molar-refractivity contribution in [2.24, 2.45) is 17.8 Å². The van der Waals surface area contributed by atoms with Crippen LogP contribution in [0.3, 0.4) is 0 Å². The summed E-state index contributed by atoms with van der Waals surface area (Å²) in [5.74, 6) is 2.10. The zero-order chi connectivity index (χ0) is 10.1. The molecule has 0 saturated heterocycles. The summed E-state index contributed by atoms with van der Waals surface area (Å²) in [4.78, 5) is 0. The van der Waals surface area contributed by atoms with E-state index in [4.69, 9.17) is 15.7 Å². The molecule has 0 aromatic carbocycles. The second kappa shape index (κ2) is 4.11. The lowest BCUT2D eigenvalue weighted by Crippen LogP contribution is -2.28. The highest BCUT2D eigenvalue weighted by Gasteiger charge is 2.29. The Morgan fingerprint density at radius 1 is 1.15 bits per heavy atom. The minimum Gasteiger partial charge on any atom is -0.0990 e. The van der Waals surface area contributed by atoms with E-state index in [1.165, 1.54) is 25.7 Å². The highest BCUT2D eigenvalue weighted by molar-refractivity contribution is 6.39. The largest absolute Gasteiger partial charge is 0.0990 e. The molecule has 1 unspecified atom stereocenters. The van der Waals surface area contributed by atoms with Gasteiger partial charge in [0.25, 0.3) is 0 Å². The highest BCUT2D eigenvalue weighted by atomic mass is 14.3. The monoisotopic (exact) mass is 174 g/mol. The molecule has 1 aliphatic carbocycles. The normalized spacial score (nSPS) is 32.8. The molecule has 0 N–H and O–H groups in total. The summed E-state index contributed by atoms with van der Waals surface area (Å²) in [6.07, 6.45) is 5.33. The van der Waals surface area contributed by atoms with E-state index in [1.807, 2.05) is 6.92 Å². The van der Waals surface area contributed by atoms with Crippen LogP contribution >= 0.6 is 0 Å².